The summed E-state index contributed by atoms with van der Waals surface area (Å²) in [6.07, 6.45) is 12.7. The Kier molecular flexibility index (Phi) is 13.8. The Morgan fingerprint density at radius 1 is 0.737 bits per heavy atom. The van der Waals surface area contributed by atoms with E-state index in [0.29, 0.717) is 12.3 Å². The first-order chi connectivity index (χ1) is 9.24. The molecule has 0 saturated heterocycles. The number of hydrogen-bond donors (Lipinski definition) is 0. The van der Waals surface area contributed by atoms with Crippen LogP contribution in [0.15, 0.2) is 0 Å². The molecule has 0 atom stereocenters. The number of hydrogen-bond acceptors (Lipinski definition) is 2. The number of ketones is 1. The number of likely N-dealkylation sites (N-methyl/N-ethyl adjacent to an activating group) is 1. The Labute approximate surface area is 120 Å². The fourth-order valence-corrected chi connectivity index (χ4v) is 2.41. The highest BCUT2D eigenvalue weighted by Gasteiger charge is 2.06. The number of carbonyl (C=O) groups excluding carboxylic acids is 1. The Morgan fingerprint density at radius 2 is 1.21 bits per heavy atom. The number of unbranched alkanes of at least 4 members (excludes halogenated alkanes) is 8. The topological polar surface area (TPSA) is 20.3 Å². The van der Waals surface area contributed by atoms with E-state index < -0.39 is 0 Å². The van der Waals surface area contributed by atoms with Crippen molar-refractivity contribution >= 4 is 5.78 Å². The summed E-state index contributed by atoms with van der Waals surface area (Å²) >= 11 is 0. The smallest absolute Gasteiger partial charge is 0.146 e. The van der Waals surface area contributed by atoms with Crippen molar-refractivity contribution in [2.24, 2.45) is 0 Å². The average Bonchev–Trinajstić information content (AvgIpc) is 2.43. The van der Waals surface area contributed by atoms with Gasteiger partial charge in [-0.3, -0.25) is 9.69 Å². The van der Waals surface area contributed by atoms with E-state index in [2.05, 4.69) is 25.7 Å². The zero-order chi connectivity index (χ0) is 14.3. The molecule has 0 rings (SSSR count). The van der Waals surface area contributed by atoms with E-state index in [0.717, 1.165) is 25.9 Å². The molecule has 2 nitrogen and oxygen atoms in total. The van der Waals surface area contributed by atoms with Crippen molar-refractivity contribution in [3.63, 3.8) is 0 Å². The van der Waals surface area contributed by atoms with Crippen LogP contribution in [0.3, 0.4) is 0 Å². The molecule has 0 radical (unpaired) electrons. The highest BCUT2D eigenvalue weighted by molar-refractivity contribution is 5.80. The third-order valence-corrected chi connectivity index (χ3v) is 3.85. The van der Waals surface area contributed by atoms with Gasteiger partial charge in [0, 0.05) is 6.42 Å². The predicted molar refractivity (Wildman–Crippen MR) is 84.6 cm³/mol. The van der Waals surface area contributed by atoms with Crippen LogP contribution in [0.4, 0.5) is 0 Å². The summed E-state index contributed by atoms with van der Waals surface area (Å²) in [5, 5.41) is 0. The Hall–Kier alpha value is -0.370. The van der Waals surface area contributed by atoms with Gasteiger partial charge in [-0.1, -0.05) is 72.1 Å². The molecule has 0 N–H and O–H groups in total. The third kappa shape index (κ3) is 12.4. The monoisotopic (exact) mass is 269 g/mol. The van der Waals surface area contributed by atoms with Crippen LogP contribution < -0.4 is 0 Å². The van der Waals surface area contributed by atoms with Crippen molar-refractivity contribution in [1.29, 1.82) is 0 Å². The molecule has 0 aliphatic carbocycles. The van der Waals surface area contributed by atoms with E-state index in [1.807, 2.05) is 0 Å². The molecular weight excluding hydrogens is 234 g/mol. The van der Waals surface area contributed by atoms with E-state index >= 15 is 0 Å². The molecule has 0 bridgehead atoms. The fourth-order valence-electron chi connectivity index (χ4n) is 2.41. The zero-order valence-electron chi connectivity index (χ0n) is 13.5. The Balaban J connectivity index is 3.27. The van der Waals surface area contributed by atoms with Crippen LogP contribution in [0.1, 0.15) is 85.0 Å². The first-order valence-corrected chi connectivity index (χ1v) is 8.48. The molecular formula is C17H35NO. The molecule has 0 heterocycles. The Morgan fingerprint density at radius 3 is 1.68 bits per heavy atom. The van der Waals surface area contributed by atoms with Crippen LogP contribution in [0.25, 0.3) is 0 Å². The molecule has 0 amide bonds. The SMILES string of the molecule is CCCCCCCCCCCC(=O)CN(CC)CC. The van der Waals surface area contributed by atoms with Gasteiger partial charge in [0.2, 0.25) is 0 Å². The summed E-state index contributed by atoms with van der Waals surface area (Å²) in [5.41, 5.74) is 0. The maximum absolute atomic E-state index is 11.7. The summed E-state index contributed by atoms with van der Waals surface area (Å²) in [7, 11) is 0. The second-order valence-electron chi connectivity index (χ2n) is 5.58. The van der Waals surface area contributed by atoms with Crippen LogP contribution in [0, 0.1) is 0 Å². The molecule has 0 unspecified atom stereocenters. The standard InChI is InChI=1S/C17H35NO/c1-4-7-8-9-10-11-12-13-14-15-17(19)16-18(5-2)6-3/h4-16H2,1-3H3. The van der Waals surface area contributed by atoms with Crippen LogP contribution in [-0.4, -0.2) is 30.3 Å². The van der Waals surface area contributed by atoms with Gasteiger partial charge in [0.25, 0.3) is 0 Å². The number of carbonyl (C=O) groups is 1. The van der Waals surface area contributed by atoms with Crippen molar-refractivity contribution in [3.05, 3.63) is 0 Å². The first-order valence-electron chi connectivity index (χ1n) is 8.48. The van der Waals surface area contributed by atoms with Gasteiger partial charge in [-0.25, -0.2) is 0 Å². The predicted octanol–water partition coefficient (Wildman–Crippen LogP) is 4.82. The van der Waals surface area contributed by atoms with Crippen LogP contribution in [-0.2, 0) is 4.79 Å². The molecule has 2 heteroatoms. The Bertz CT molecular complexity index is 199. The molecule has 0 fully saturated rings. The number of rotatable bonds is 14. The summed E-state index contributed by atoms with van der Waals surface area (Å²) in [6.45, 7) is 9.13. The lowest BCUT2D eigenvalue weighted by atomic mass is 10.1. The van der Waals surface area contributed by atoms with Crippen molar-refractivity contribution in [3.8, 4) is 0 Å². The first kappa shape index (κ1) is 18.6. The summed E-state index contributed by atoms with van der Waals surface area (Å²) in [5.74, 6) is 0.423. The normalized spacial score (nSPS) is 11.2. The molecule has 0 aromatic carbocycles. The van der Waals surface area contributed by atoms with Gasteiger partial charge in [0.1, 0.15) is 5.78 Å². The fraction of sp³-hybridized carbons (Fsp3) is 0.941. The highest BCUT2D eigenvalue weighted by Crippen LogP contribution is 2.10. The molecule has 0 spiro atoms. The summed E-state index contributed by atoms with van der Waals surface area (Å²) < 4.78 is 0. The molecule has 114 valence electrons. The van der Waals surface area contributed by atoms with Crippen molar-refractivity contribution in [1.82, 2.24) is 4.90 Å². The lowest BCUT2D eigenvalue weighted by Crippen LogP contribution is -2.29. The lowest BCUT2D eigenvalue weighted by Gasteiger charge is -2.16. The minimum atomic E-state index is 0.423. The molecule has 0 aliphatic heterocycles. The van der Waals surface area contributed by atoms with E-state index in [9.17, 15) is 4.79 Å². The van der Waals surface area contributed by atoms with Crippen molar-refractivity contribution in [2.75, 3.05) is 19.6 Å². The van der Waals surface area contributed by atoms with Crippen LogP contribution >= 0.6 is 0 Å². The molecule has 0 aliphatic rings. The largest absolute Gasteiger partial charge is 0.298 e. The van der Waals surface area contributed by atoms with E-state index in [1.54, 1.807) is 0 Å². The summed E-state index contributed by atoms with van der Waals surface area (Å²) in [6, 6.07) is 0. The van der Waals surface area contributed by atoms with Crippen LogP contribution in [0.2, 0.25) is 0 Å². The maximum Gasteiger partial charge on any atom is 0.146 e. The van der Waals surface area contributed by atoms with Crippen LogP contribution in [0.5, 0.6) is 0 Å². The van der Waals surface area contributed by atoms with Gasteiger partial charge in [-0.15, -0.1) is 0 Å². The van der Waals surface area contributed by atoms with Gasteiger partial charge in [-0.05, 0) is 19.5 Å². The minimum Gasteiger partial charge on any atom is -0.298 e. The minimum absolute atomic E-state index is 0.423. The van der Waals surface area contributed by atoms with Gasteiger partial charge >= 0.3 is 0 Å². The molecule has 0 aromatic heterocycles. The quantitative estimate of drug-likeness (QED) is 0.421. The average molecular weight is 269 g/mol. The number of Topliss-reactive ketones (excluding diaryl/α,β-unsaturated/α-hetero) is 1. The van der Waals surface area contributed by atoms with Gasteiger partial charge in [0.05, 0.1) is 6.54 Å². The number of nitrogens with zero attached hydrogens (tertiary/aromatic N) is 1. The van der Waals surface area contributed by atoms with Gasteiger partial charge < -0.3 is 0 Å². The van der Waals surface area contributed by atoms with Gasteiger partial charge in [0.15, 0.2) is 0 Å². The molecule has 19 heavy (non-hydrogen) atoms. The van der Waals surface area contributed by atoms with Gasteiger partial charge in [-0.2, -0.15) is 0 Å². The zero-order valence-corrected chi connectivity index (χ0v) is 13.5. The molecule has 0 aromatic rings. The molecule has 0 saturated carbocycles. The highest BCUT2D eigenvalue weighted by atomic mass is 16.1. The van der Waals surface area contributed by atoms with E-state index in [-0.39, 0.29) is 0 Å². The van der Waals surface area contributed by atoms with E-state index in [1.165, 1.54) is 51.4 Å². The lowest BCUT2D eigenvalue weighted by molar-refractivity contribution is -0.120. The second kappa shape index (κ2) is 14.0. The third-order valence-electron chi connectivity index (χ3n) is 3.85. The summed E-state index contributed by atoms with van der Waals surface area (Å²) in [4.78, 5) is 13.9. The second-order valence-corrected chi connectivity index (χ2v) is 5.58. The van der Waals surface area contributed by atoms with Crippen molar-refractivity contribution in [2.45, 2.75) is 85.0 Å². The maximum atomic E-state index is 11.7. The van der Waals surface area contributed by atoms with E-state index in [4.69, 9.17) is 0 Å². The van der Waals surface area contributed by atoms with Crippen molar-refractivity contribution < 1.29 is 4.79 Å².